The fourth-order valence-corrected chi connectivity index (χ4v) is 6.53. The van der Waals surface area contributed by atoms with Crippen LogP contribution in [0.5, 0.6) is 0 Å². The van der Waals surface area contributed by atoms with Crippen molar-refractivity contribution in [2.75, 3.05) is 4.90 Å². The molecular formula is C41H27N3O. The highest BCUT2D eigenvalue weighted by Crippen LogP contribution is 2.41. The van der Waals surface area contributed by atoms with Crippen molar-refractivity contribution in [1.29, 1.82) is 0 Å². The maximum atomic E-state index is 6.58. The Morgan fingerprint density at radius 2 is 1.18 bits per heavy atom. The first-order valence-corrected chi connectivity index (χ1v) is 15.1. The number of hydrogen-bond acceptors (Lipinski definition) is 3. The van der Waals surface area contributed by atoms with Crippen molar-refractivity contribution in [1.82, 2.24) is 9.55 Å². The zero-order valence-corrected chi connectivity index (χ0v) is 24.3. The number of benzene rings is 7. The predicted octanol–water partition coefficient (Wildman–Crippen LogP) is 11.2. The Morgan fingerprint density at radius 1 is 0.489 bits per heavy atom. The van der Waals surface area contributed by atoms with Gasteiger partial charge in [-0.25, -0.2) is 0 Å². The van der Waals surface area contributed by atoms with Crippen LogP contribution in [0.1, 0.15) is 0 Å². The molecule has 0 bridgehead atoms. The van der Waals surface area contributed by atoms with Crippen LogP contribution >= 0.6 is 0 Å². The van der Waals surface area contributed by atoms with E-state index >= 15 is 0 Å². The molecule has 45 heavy (non-hydrogen) atoms. The third-order valence-electron chi connectivity index (χ3n) is 8.60. The Balaban J connectivity index is 1.29. The van der Waals surface area contributed by atoms with Gasteiger partial charge in [-0.1, -0.05) is 109 Å². The smallest absolute Gasteiger partial charge is 0.307 e. The minimum absolute atomic E-state index is 0.526. The van der Waals surface area contributed by atoms with Gasteiger partial charge < -0.3 is 8.98 Å². The summed E-state index contributed by atoms with van der Waals surface area (Å²) in [6, 6.07) is 57.8. The average Bonchev–Trinajstić information content (AvgIpc) is 3.69. The Hall–Kier alpha value is -6.13. The van der Waals surface area contributed by atoms with E-state index < -0.39 is 0 Å². The third kappa shape index (κ3) is 4.19. The number of hydrogen-bond donors (Lipinski definition) is 0. The lowest BCUT2D eigenvalue weighted by Gasteiger charge is -2.22. The third-order valence-corrected chi connectivity index (χ3v) is 8.60. The zero-order chi connectivity index (χ0) is 29.7. The quantitative estimate of drug-likeness (QED) is 0.204. The Morgan fingerprint density at radius 3 is 2.04 bits per heavy atom. The summed E-state index contributed by atoms with van der Waals surface area (Å²) < 4.78 is 8.91. The Bertz CT molecular complexity index is 2490. The molecule has 0 N–H and O–H groups in total. The van der Waals surface area contributed by atoms with Crippen molar-refractivity contribution >= 4 is 61.1 Å². The molecule has 0 radical (unpaired) electrons. The SMILES string of the molecule is c1ccc(-c2cccc(N(c3ccc4c(c3)c3ccccc3n4-c3ccccc3)c3nc4c(ccc5ccccc54)o3)c2)cc1. The zero-order valence-electron chi connectivity index (χ0n) is 24.3. The number of nitrogens with zero attached hydrogens (tertiary/aromatic N) is 3. The van der Waals surface area contributed by atoms with Gasteiger partial charge in [0.15, 0.2) is 5.58 Å². The van der Waals surface area contributed by atoms with Gasteiger partial charge in [0.1, 0.15) is 5.52 Å². The van der Waals surface area contributed by atoms with Gasteiger partial charge >= 0.3 is 6.01 Å². The molecule has 0 aliphatic rings. The number of anilines is 3. The van der Waals surface area contributed by atoms with Crippen LogP contribution in [0.3, 0.4) is 0 Å². The van der Waals surface area contributed by atoms with E-state index in [4.69, 9.17) is 9.40 Å². The summed E-state index contributed by atoms with van der Waals surface area (Å²) in [5, 5.41) is 4.57. The van der Waals surface area contributed by atoms with E-state index in [0.29, 0.717) is 6.01 Å². The van der Waals surface area contributed by atoms with Crippen molar-refractivity contribution in [2.24, 2.45) is 0 Å². The number of oxazole rings is 1. The molecule has 9 rings (SSSR count). The highest BCUT2D eigenvalue weighted by Gasteiger charge is 2.22. The highest BCUT2D eigenvalue weighted by molar-refractivity contribution is 6.11. The molecule has 2 heterocycles. The van der Waals surface area contributed by atoms with Crippen molar-refractivity contribution in [3.63, 3.8) is 0 Å². The second kappa shape index (κ2) is 10.2. The van der Waals surface area contributed by atoms with Gasteiger partial charge in [0, 0.05) is 21.8 Å². The minimum atomic E-state index is 0.526. The maximum absolute atomic E-state index is 6.58. The van der Waals surface area contributed by atoms with Crippen LogP contribution in [0.4, 0.5) is 17.4 Å². The van der Waals surface area contributed by atoms with E-state index in [2.05, 4.69) is 155 Å². The standard InChI is InChI=1S/C41H27N3O/c1-3-12-28(13-4-1)30-15-11-18-32(26-30)43(41-42-40-34-19-8-7-14-29(34)22-25-39(40)45-41)33-23-24-38-36(27-33)35-20-9-10-21-37(35)44(38)31-16-5-2-6-17-31/h1-27H. The number of rotatable bonds is 5. The van der Waals surface area contributed by atoms with Crippen LogP contribution in [0.15, 0.2) is 168 Å². The molecular weight excluding hydrogens is 550 g/mol. The van der Waals surface area contributed by atoms with Gasteiger partial charge in [-0.05, 0) is 71.1 Å². The number of aromatic nitrogens is 2. The predicted molar refractivity (Wildman–Crippen MR) is 186 cm³/mol. The van der Waals surface area contributed by atoms with Crippen molar-refractivity contribution < 1.29 is 4.42 Å². The Kier molecular flexibility index (Phi) is 5.78. The molecule has 212 valence electrons. The molecule has 0 fully saturated rings. The van der Waals surface area contributed by atoms with E-state index in [1.165, 1.54) is 10.9 Å². The van der Waals surface area contributed by atoms with E-state index in [9.17, 15) is 0 Å². The molecule has 9 aromatic rings. The Labute approximate surface area is 260 Å². The molecule has 0 aliphatic heterocycles. The second-order valence-electron chi connectivity index (χ2n) is 11.3. The van der Waals surface area contributed by atoms with Crippen LogP contribution in [0.25, 0.3) is 60.5 Å². The molecule has 0 atom stereocenters. The van der Waals surface area contributed by atoms with Crippen molar-refractivity contribution in [3.8, 4) is 16.8 Å². The molecule has 4 nitrogen and oxygen atoms in total. The average molecular weight is 578 g/mol. The van der Waals surface area contributed by atoms with E-state index in [1.54, 1.807) is 0 Å². The van der Waals surface area contributed by atoms with Crippen molar-refractivity contribution in [2.45, 2.75) is 0 Å². The summed E-state index contributed by atoms with van der Waals surface area (Å²) in [6.45, 7) is 0. The van der Waals surface area contributed by atoms with E-state index in [-0.39, 0.29) is 0 Å². The van der Waals surface area contributed by atoms with Gasteiger partial charge in [0.05, 0.1) is 22.4 Å². The largest absolute Gasteiger partial charge is 0.423 e. The van der Waals surface area contributed by atoms with Crippen LogP contribution in [-0.2, 0) is 0 Å². The van der Waals surface area contributed by atoms with Gasteiger partial charge in [0.25, 0.3) is 0 Å². The summed E-state index contributed by atoms with van der Waals surface area (Å²) in [7, 11) is 0. The van der Waals surface area contributed by atoms with E-state index in [0.717, 1.165) is 61.0 Å². The molecule has 0 amide bonds. The van der Waals surface area contributed by atoms with Gasteiger partial charge in [-0.2, -0.15) is 4.98 Å². The van der Waals surface area contributed by atoms with Gasteiger partial charge in [-0.15, -0.1) is 0 Å². The summed E-state index contributed by atoms with van der Waals surface area (Å²) in [5.74, 6) is 0. The highest BCUT2D eigenvalue weighted by atomic mass is 16.4. The van der Waals surface area contributed by atoms with Gasteiger partial charge in [-0.3, -0.25) is 4.90 Å². The lowest BCUT2D eigenvalue weighted by Crippen LogP contribution is -2.10. The molecule has 0 aliphatic carbocycles. The van der Waals surface area contributed by atoms with Crippen LogP contribution in [0.2, 0.25) is 0 Å². The fraction of sp³-hybridized carbons (Fsp3) is 0. The number of fused-ring (bicyclic) bond motifs is 6. The summed E-state index contributed by atoms with van der Waals surface area (Å²) in [4.78, 5) is 7.28. The monoisotopic (exact) mass is 577 g/mol. The fourth-order valence-electron chi connectivity index (χ4n) is 6.53. The van der Waals surface area contributed by atoms with Crippen LogP contribution in [-0.4, -0.2) is 9.55 Å². The summed E-state index contributed by atoms with van der Waals surface area (Å²) in [6.07, 6.45) is 0. The first-order chi connectivity index (χ1) is 22.3. The molecule has 4 heteroatoms. The molecule has 0 unspecified atom stereocenters. The minimum Gasteiger partial charge on any atom is -0.423 e. The first kappa shape index (κ1) is 25.4. The molecule has 0 saturated heterocycles. The van der Waals surface area contributed by atoms with Crippen LogP contribution < -0.4 is 4.90 Å². The molecule has 2 aromatic heterocycles. The van der Waals surface area contributed by atoms with E-state index in [1.807, 2.05) is 18.2 Å². The lowest BCUT2D eigenvalue weighted by molar-refractivity contribution is 0.608. The van der Waals surface area contributed by atoms with Gasteiger partial charge in [0.2, 0.25) is 0 Å². The maximum Gasteiger partial charge on any atom is 0.307 e. The summed E-state index contributed by atoms with van der Waals surface area (Å²) in [5.41, 5.74) is 9.29. The molecule has 0 saturated carbocycles. The first-order valence-electron chi connectivity index (χ1n) is 15.1. The van der Waals surface area contributed by atoms with Crippen LogP contribution in [0, 0.1) is 0 Å². The normalized spacial score (nSPS) is 11.6. The molecule has 0 spiro atoms. The topological polar surface area (TPSA) is 34.2 Å². The summed E-state index contributed by atoms with van der Waals surface area (Å²) >= 11 is 0. The molecule has 7 aromatic carbocycles. The lowest BCUT2D eigenvalue weighted by atomic mass is 10.0. The number of para-hydroxylation sites is 2. The second-order valence-corrected chi connectivity index (χ2v) is 11.3. The van der Waals surface area contributed by atoms with Crippen molar-refractivity contribution in [3.05, 3.63) is 164 Å².